The zero-order valence-electron chi connectivity index (χ0n) is 11.5. The SMILES string of the molecule is C[C@H](O)c1ccnc(N(C)CC(=O)N2CCCC2)c1. The first-order valence-electron chi connectivity index (χ1n) is 6.71. The Morgan fingerprint density at radius 3 is 2.84 bits per heavy atom. The smallest absolute Gasteiger partial charge is 0.242 e. The Kier molecular flexibility index (Phi) is 4.37. The molecule has 0 saturated carbocycles. The third-order valence-electron chi connectivity index (χ3n) is 3.47. The van der Waals surface area contributed by atoms with Crippen LogP contribution in [0.4, 0.5) is 5.82 Å². The van der Waals surface area contributed by atoms with Crippen molar-refractivity contribution in [3.05, 3.63) is 23.9 Å². The molecule has 1 aromatic rings. The number of rotatable bonds is 4. The maximum absolute atomic E-state index is 12.1. The first-order chi connectivity index (χ1) is 9.08. The van der Waals surface area contributed by atoms with Crippen molar-refractivity contribution in [2.24, 2.45) is 0 Å². The van der Waals surface area contributed by atoms with Crippen molar-refractivity contribution in [2.45, 2.75) is 25.9 Å². The molecule has 1 saturated heterocycles. The highest BCUT2D eigenvalue weighted by atomic mass is 16.3. The fourth-order valence-corrected chi connectivity index (χ4v) is 2.25. The normalized spacial score (nSPS) is 16.5. The number of pyridine rings is 1. The summed E-state index contributed by atoms with van der Waals surface area (Å²) in [6.45, 7) is 3.78. The van der Waals surface area contributed by atoms with Gasteiger partial charge >= 0.3 is 0 Å². The molecule has 1 amide bonds. The fraction of sp³-hybridized carbons (Fsp3) is 0.571. The van der Waals surface area contributed by atoms with E-state index in [9.17, 15) is 9.90 Å². The summed E-state index contributed by atoms with van der Waals surface area (Å²) in [5, 5.41) is 9.56. The van der Waals surface area contributed by atoms with E-state index in [1.165, 1.54) is 0 Å². The number of aliphatic hydroxyl groups is 1. The van der Waals surface area contributed by atoms with Gasteiger partial charge in [0.1, 0.15) is 5.82 Å². The van der Waals surface area contributed by atoms with E-state index >= 15 is 0 Å². The molecule has 0 unspecified atom stereocenters. The molecule has 104 valence electrons. The molecule has 0 radical (unpaired) electrons. The van der Waals surface area contributed by atoms with Crippen molar-refractivity contribution in [2.75, 3.05) is 31.6 Å². The molecule has 5 nitrogen and oxygen atoms in total. The number of amides is 1. The van der Waals surface area contributed by atoms with E-state index in [1.54, 1.807) is 19.2 Å². The molecule has 0 bridgehead atoms. The Labute approximate surface area is 113 Å². The summed E-state index contributed by atoms with van der Waals surface area (Å²) in [7, 11) is 1.85. The second kappa shape index (κ2) is 6.02. The van der Waals surface area contributed by atoms with Gasteiger partial charge in [0.15, 0.2) is 0 Å². The lowest BCUT2D eigenvalue weighted by Gasteiger charge is -2.22. The molecule has 2 heterocycles. The molecule has 0 aliphatic carbocycles. The number of carbonyl (C=O) groups excluding carboxylic acids is 1. The van der Waals surface area contributed by atoms with Gasteiger partial charge in [0, 0.05) is 26.3 Å². The fourth-order valence-electron chi connectivity index (χ4n) is 2.25. The van der Waals surface area contributed by atoms with E-state index in [2.05, 4.69) is 4.98 Å². The number of hydrogen-bond donors (Lipinski definition) is 1. The summed E-state index contributed by atoms with van der Waals surface area (Å²) < 4.78 is 0. The van der Waals surface area contributed by atoms with Crippen LogP contribution < -0.4 is 4.90 Å². The van der Waals surface area contributed by atoms with Crippen LogP contribution in [0.1, 0.15) is 31.4 Å². The van der Waals surface area contributed by atoms with Crippen molar-refractivity contribution in [3.63, 3.8) is 0 Å². The molecule has 1 atom stereocenters. The minimum atomic E-state index is -0.524. The van der Waals surface area contributed by atoms with E-state index in [4.69, 9.17) is 0 Å². The van der Waals surface area contributed by atoms with Crippen LogP contribution in [0.15, 0.2) is 18.3 Å². The van der Waals surface area contributed by atoms with E-state index < -0.39 is 6.10 Å². The van der Waals surface area contributed by atoms with Crippen molar-refractivity contribution in [1.29, 1.82) is 0 Å². The summed E-state index contributed by atoms with van der Waals surface area (Å²) in [4.78, 5) is 20.0. The molecule has 0 spiro atoms. The number of nitrogens with zero attached hydrogens (tertiary/aromatic N) is 3. The average Bonchev–Trinajstić information content (AvgIpc) is 2.92. The summed E-state index contributed by atoms with van der Waals surface area (Å²) in [6.07, 6.45) is 3.34. The first kappa shape index (κ1) is 13.8. The Morgan fingerprint density at radius 2 is 2.21 bits per heavy atom. The highest BCUT2D eigenvalue weighted by Crippen LogP contribution is 2.17. The highest BCUT2D eigenvalue weighted by molar-refractivity contribution is 5.81. The largest absolute Gasteiger partial charge is 0.389 e. The second-order valence-electron chi connectivity index (χ2n) is 5.07. The van der Waals surface area contributed by atoms with Crippen molar-refractivity contribution < 1.29 is 9.90 Å². The number of aromatic nitrogens is 1. The van der Waals surface area contributed by atoms with Crippen LogP contribution in [0.5, 0.6) is 0 Å². The van der Waals surface area contributed by atoms with Gasteiger partial charge in [0.2, 0.25) is 5.91 Å². The molecular formula is C14H21N3O2. The van der Waals surface area contributed by atoms with E-state index in [0.29, 0.717) is 12.4 Å². The lowest BCUT2D eigenvalue weighted by atomic mass is 10.2. The van der Waals surface area contributed by atoms with Crippen LogP contribution in [0, 0.1) is 0 Å². The molecule has 1 aliphatic rings. The quantitative estimate of drug-likeness (QED) is 0.886. The van der Waals surface area contributed by atoms with Crippen molar-refractivity contribution >= 4 is 11.7 Å². The number of anilines is 1. The van der Waals surface area contributed by atoms with Gasteiger partial charge in [-0.25, -0.2) is 4.98 Å². The second-order valence-corrected chi connectivity index (χ2v) is 5.07. The number of likely N-dealkylation sites (N-methyl/N-ethyl adjacent to an activating group) is 1. The maximum atomic E-state index is 12.1. The molecule has 19 heavy (non-hydrogen) atoms. The standard InChI is InChI=1S/C14H21N3O2/c1-11(18)12-5-6-15-13(9-12)16(2)10-14(19)17-7-3-4-8-17/h5-6,9,11,18H,3-4,7-8,10H2,1-2H3/t11-/m0/s1. The van der Waals surface area contributed by atoms with Crippen LogP contribution in [-0.4, -0.2) is 47.6 Å². The third kappa shape index (κ3) is 3.44. The lowest BCUT2D eigenvalue weighted by molar-refractivity contribution is -0.128. The first-order valence-corrected chi connectivity index (χ1v) is 6.71. The number of likely N-dealkylation sites (tertiary alicyclic amines) is 1. The van der Waals surface area contributed by atoms with Crippen LogP contribution in [0.3, 0.4) is 0 Å². The van der Waals surface area contributed by atoms with Gasteiger partial charge < -0.3 is 14.9 Å². The zero-order valence-corrected chi connectivity index (χ0v) is 11.5. The maximum Gasteiger partial charge on any atom is 0.242 e. The monoisotopic (exact) mass is 263 g/mol. The average molecular weight is 263 g/mol. The van der Waals surface area contributed by atoms with Gasteiger partial charge in [-0.05, 0) is 37.5 Å². The molecule has 1 aliphatic heterocycles. The predicted molar refractivity (Wildman–Crippen MR) is 74.0 cm³/mol. The van der Waals surface area contributed by atoms with Gasteiger partial charge in [-0.2, -0.15) is 0 Å². The molecule has 1 aromatic heterocycles. The molecule has 0 aromatic carbocycles. The van der Waals surface area contributed by atoms with Crippen LogP contribution in [-0.2, 0) is 4.79 Å². The van der Waals surface area contributed by atoms with E-state index in [-0.39, 0.29) is 5.91 Å². The van der Waals surface area contributed by atoms with Crippen molar-refractivity contribution in [3.8, 4) is 0 Å². The number of aliphatic hydroxyl groups excluding tert-OH is 1. The predicted octanol–water partition coefficient (Wildman–Crippen LogP) is 1.19. The minimum Gasteiger partial charge on any atom is -0.389 e. The summed E-state index contributed by atoms with van der Waals surface area (Å²) in [5.74, 6) is 0.857. The molecule has 1 fully saturated rings. The van der Waals surface area contributed by atoms with Gasteiger partial charge in [-0.15, -0.1) is 0 Å². The van der Waals surface area contributed by atoms with Crippen LogP contribution in [0.2, 0.25) is 0 Å². The third-order valence-corrected chi connectivity index (χ3v) is 3.47. The summed E-state index contributed by atoms with van der Waals surface area (Å²) >= 11 is 0. The van der Waals surface area contributed by atoms with E-state index in [0.717, 1.165) is 31.5 Å². The minimum absolute atomic E-state index is 0.143. The Morgan fingerprint density at radius 1 is 1.53 bits per heavy atom. The summed E-state index contributed by atoms with van der Waals surface area (Å²) in [5.41, 5.74) is 0.811. The van der Waals surface area contributed by atoms with Gasteiger partial charge in [-0.3, -0.25) is 4.79 Å². The number of carbonyl (C=O) groups is 1. The molecule has 2 rings (SSSR count). The molecule has 5 heteroatoms. The van der Waals surface area contributed by atoms with Gasteiger partial charge in [0.25, 0.3) is 0 Å². The van der Waals surface area contributed by atoms with Crippen LogP contribution in [0.25, 0.3) is 0 Å². The Bertz CT molecular complexity index is 442. The Hall–Kier alpha value is -1.62. The van der Waals surface area contributed by atoms with E-state index in [1.807, 2.05) is 22.9 Å². The zero-order chi connectivity index (χ0) is 13.8. The van der Waals surface area contributed by atoms with Crippen molar-refractivity contribution in [1.82, 2.24) is 9.88 Å². The molecular weight excluding hydrogens is 242 g/mol. The van der Waals surface area contributed by atoms with Gasteiger partial charge in [-0.1, -0.05) is 0 Å². The van der Waals surface area contributed by atoms with Crippen LogP contribution >= 0.6 is 0 Å². The lowest BCUT2D eigenvalue weighted by Crippen LogP contribution is -2.37. The Balaban J connectivity index is 2.00. The summed E-state index contributed by atoms with van der Waals surface area (Å²) in [6, 6.07) is 3.60. The molecule has 1 N–H and O–H groups in total. The van der Waals surface area contributed by atoms with Gasteiger partial charge in [0.05, 0.1) is 12.6 Å². The highest BCUT2D eigenvalue weighted by Gasteiger charge is 2.19. The number of hydrogen-bond acceptors (Lipinski definition) is 4. The topological polar surface area (TPSA) is 56.7 Å².